The van der Waals surface area contributed by atoms with Crippen LogP contribution in [0, 0.1) is 11.6 Å². The molecule has 0 spiro atoms. The number of benzene rings is 2. The highest BCUT2D eigenvalue weighted by molar-refractivity contribution is 5.80. The van der Waals surface area contributed by atoms with Gasteiger partial charge in [-0.25, -0.2) is 13.8 Å². The minimum absolute atomic E-state index is 0.128. The van der Waals surface area contributed by atoms with Crippen molar-refractivity contribution in [1.29, 1.82) is 0 Å². The number of anilines is 1. The molecule has 0 saturated carbocycles. The van der Waals surface area contributed by atoms with Crippen molar-refractivity contribution in [2.24, 2.45) is 4.99 Å². The zero-order valence-electron chi connectivity index (χ0n) is 17.4. The zero-order chi connectivity index (χ0) is 21.6. The summed E-state index contributed by atoms with van der Waals surface area (Å²) in [6.45, 7) is 2.75. The Morgan fingerprint density at radius 3 is 2.84 bits per heavy atom. The van der Waals surface area contributed by atoms with Crippen LogP contribution < -0.4 is 15.5 Å². The number of nitrogens with one attached hydrogen (secondary N) is 2. The van der Waals surface area contributed by atoms with Gasteiger partial charge in [-0.2, -0.15) is 0 Å². The third-order valence-electron chi connectivity index (χ3n) is 5.38. The molecule has 1 aliphatic heterocycles. The van der Waals surface area contributed by atoms with Gasteiger partial charge in [0.25, 0.3) is 0 Å². The molecule has 0 amide bonds. The second-order valence-corrected chi connectivity index (χ2v) is 7.65. The third kappa shape index (κ3) is 5.39. The van der Waals surface area contributed by atoms with Crippen LogP contribution in [0.4, 0.5) is 14.5 Å². The van der Waals surface area contributed by atoms with Gasteiger partial charge in [-0.15, -0.1) is 0 Å². The molecule has 2 heterocycles. The normalized spacial score (nSPS) is 16.5. The number of aliphatic imine (C=N–C) groups is 1. The highest BCUT2D eigenvalue weighted by atomic mass is 19.1. The lowest BCUT2D eigenvalue weighted by Crippen LogP contribution is -2.44. The fourth-order valence-corrected chi connectivity index (χ4v) is 3.84. The van der Waals surface area contributed by atoms with Crippen LogP contribution in [-0.2, 0) is 13.1 Å². The molecular formula is C23H26F2N6. The quantitative estimate of drug-likeness (QED) is 0.472. The predicted molar refractivity (Wildman–Crippen MR) is 118 cm³/mol. The van der Waals surface area contributed by atoms with E-state index < -0.39 is 11.6 Å². The smallest absolute Gasteiger partial charge is 0.191 e. The van der Waals surface area contributed by atoms with E-state index in [0.29, 0.717) is 31.3 Å². The first-order chi connectivity index (χ1) is 15.1. The lowest BCUT2D eigenvalue weighted by Gasteiger charge is -2.21. The molecule has 1 aromatic heterocycles. The van der Waals surface area contributed by atoms with E-state index in [1.54, 1.807) is 19.6 Å². The molecule has 2 N–H and O–H groups in total. The van der Waals surface area contributed by atoms with E-state index in [0.717, 1.165) is 24.6 Å². The Labute approximate surface area is 180 Å². The zero-order valence-corrected chi connectivity index (χ0v) is 17.4. The Balaban J connectivity index is 1.30. The standard InChI is InChI=1S/C23H26F2N6/c1-26-23(28-13-17-3-2-4-18(11-17)14-30-10-8-27-16-30)29-20-7-9-31(15-20)22-6-5-19(24)12-21(22)25/h2-6,8,10-12,16,20H,7,9,13-15H2,1H3,(H2,26,28,29). The van der Waals surface area contributed by atoms with Crippen molar-refractivity contribution < 1.29 is 8.78 Å². The maximum atomic E-state index is 14.1. The van der Waals surface area contributed by atoms with Crippen LogP contribution in [0.15, 0.2) is 66.2 Å². The SMILES string of the molecule is CN=C(NCc1cccc(Cn2ccnc2)c1)NC1CCN(c2ccc(F)cc2F)C1. The maximum absolute atomic E-state index is 14.1. The highest BCUT2D eigenvalue weighted by Gasteiger charge is 2.25. The first-order valence-corrected chi connectivity index (χ1v) is 10.3. The van der Waals surface area contributed by atoms with Gasteiger partial charge in [0.1, 0.15) is 11.6 Å². The average Bonchev–Trinajstić information content (AvgIpc) is 3.43. The molecule has 1 saturated heterocycles. The van der Waals surface area contributed by atoms with E-state index >= 15 is 0 Å². The number of hydrogen-bond acceptors (Lipinski definition) is 3. The third-order valence-corrected chi connectivity index (χ3v) is 5.38. The Kier molecular flexibility index (Phi) is 6.45. The van der Waals surface area contributed by atoms with Crippen molar-refractivity contribution in [3.63, 3.8) is 0 Å². The molecule has 1 unspecified atom stereocenters. The fourth-order valence-electron chi connectivity index (χ4n) is 3.84. The lowest BCUT2D eigenvalue weighted by molar-refractivity contribution is 0.580. The van der Waals surface area contributed by atoms with Gasteiger partial charge in [0.15, 0.2) is 5.96 Å². The van der Waals surface area contributed by atoms with Gasteiger partial charge in [-0.1, -0.05) is 24.3 Å². The summed E-state index contributed by atoms with van der Waals surface area (Å²) in [5.41, 5.74) is 2.79. The molecule has 0 aliphatic carbocycles. The molecule has 6 nitrogen and oxygen atoms in total. The maximum Gasteiger partial charge on any atom is 0.191 e. The Morgan fingerprint density at radius 1 is 1.19 bits per heavy atom. The number of guanidine groups is 1. The van der Waals surface area contributed by atoms with E-state index in [2.05, 4.69) is 38.8 Å². The number of hydrogen-bond donors (Lipinski definition) is 2. The van der Waals surface area contributed by atoms with Crippen LogP contribution >= 0.6 is 0 Å². The Morgan fingerprint density at radius 2 is 2.06 bits per heavy atom. The van der Waals surface area contributed by atoms with Crippen LogP contribution in [0.5, 0.6) is 0 Å². The Bertz CT molecular complexity index is 1030. The fraction of sp³-hybridized carbons (Fsp3) is 0.304. The summed E-state index contributed by atoms with van der Waals surface area (Å²) in [5.74, 6) is -0.390. The van der Waals surface area contributed by atoms with Gasteiger partial charge in [-0.05, 0) is 29.7 Å². The molecule has 1 atom stereocenters. The van der Waals surface area contributed by atoms with Crippen LogP contribution in [0.2, 0.25) is 0 Å². The van der Waals surface area contributed by atoms with Crippen molar-refractivity contribution in [3.05, 3.63) is 83.9 Å². The number of nitrogens with zero attached hydrogens (tertiary/aromatic N) is 4. The van der Waals surface area contributed by atoms with Gasteiger partial charge in [-0.3, -0.25) is 4.99 Å². The summed E-state index contributed by atoms with van der Waals surface area (Å²) >= 11 is 0. The van der Waals surface area contributed by atoms with Crippen molar-refractivity contribution in [2.75, 3.05) is 25.0 Å². The molecule has 3 aromatic rings. The first-order valence-electron chi connectivity index (χ1n) is 10.3. The molecule has 8 heteroatoms. The largest absolute Gasteiger partial charge is 0.367 e. The van der Waals surface area contributed by atoms with E-state index in [1.807, 2.05) is 21.7 Å². The molecule has 0 bridgehead atoms. The van der Waals surface area contributed by atoms with Gasteiger partial charge in [0, 0.05) is 57.7 Å². The van der Waals surface area contributed by atoms with E-state index in [4.69, 9.17) is 0 Å². The van der Waals surface area contributed by atoms with E-state index in [-0.39, 0.29) is 6.04 Å². The van der Waals surface area contributed by atoms with Crippen LogP contribution in [-0.4, -0.2) is 41.7 Å². The topological polar surface area (TPSA) is 57.5 Å². The van der Waals surface area contributed by atoms with E-state index in [9.17, 15) is 8.78 Å². The van der Waals surface area contributed by atoms with Crippen LogP contribution in [0.3, 0.4) is 0 Å². The number of rotatable bonds is 6. The molecule has 2 aromatic carbocycles. The van der Waals surface area contributed by atoms with Crippen LogP contribution in [0.1, 0.15) is 17.5 Å². The minimum atomic E-state index is -0.561. The second kappa shape index (κ2) is 9.59. The van der Waals surface area contributed by atoms with Gasteiger partial charge >= 0.3 is 0 Å². The number of imidazole rings is 1. The molecule has 4 rings (SSSR count). The van der Waals surface area contributed by atoms with Gasteiger partial charge in [0.2, 0.25) is 0 Å². The van der Waals surface area contributed by atoms with Gasteiger partial charge in [0.05, 0.1) is 12.0 Å². The lowest BCUT2D eigenvalue weighted by atomic mass is 10.1. The van der Waals surface area contributed by atoms with E-state index in [1.165, 1.54) is 17.7 Å². The minimum Gasteiger partial charge on any atom is -0.367 e. The number of halogens is 2. The molecular weight excluding hydrogens is 398 g/mol. The molecule has 31 heavy (non-hydrogen) atoms. The highest BCUT2D eigenvalue weighted by Crippen LogP contribution is 2.24. The van der Waals surface area contributed by atoms with Crippen molar-refractivity contribution in [1.82, 2.24) is 20.2 Å². The number of aromatic nitrogens is 2. The molecule has 162 valence electrons. The summed E-state index contributed by atoms with van der Waals surface area (Å²) in [6.07, 6.45) is 6.37. The summed E-state index contributed by atoms with van der Waals surface area (Å²) in [6, 6.07) is 12.2. The predicted octanol–water partition coefficient (Wildman–Crippen LogP) is 3.15. The van der Waals surface area contributed by atoms with Crippen molar-refractivity contribution >= 4 is 11.6 Å². The summed E-state index contributed by atoms with van der Waals surface area (Å²) < 4.78 is 29.3. The Hall–Kier alpha value is -3.42. The van der Waals surface area contributed by atoms with Gasteiger partial charge < -0.3 is 20.1 Å². The van der Waals surface area contributed by atoms with Crippen LogP contribution in [0.25, 0.3) is 0 Å². The summed E-state index contributed by atoms with van der Waals surface area (Å²) in [5, 5.41) is 6.76. The van der Waals surface area contributed by atoms with Crippen molar-refractivity contribution in [2.45, 2.75) is 25.6 Å². The van der Waals surface area contributed by atoms with Crippen molar-refractivity contribution in [3.8, 4) is 0 Å². The molecule has 1 aliphatic rings. The summed E-state index contributed by atoms with van der Waals surface area (Å²) in [7, 11) is 1.73. The summed E-state index contributed by atoms with van der Waals surface area (Å²) in [4.78, 5) is 10.3. The first kappa shape index (κ1) is 20.8. The molecule has 1 fully saturated rings. The second-order valence-electron chi connectivity index (χ2n) is 7.65. The average molecular weight is 424 g/mol. The molecule has 0 radical (unpaired) electrons. The monoisotopic (exact) mass is 424 g/mol.